The van der Waals surface area contributed by atoms with Gasteiger partial charge in [-0.05, 0) is 43.7 Å². The Morgan fingerprint density at radius 3 is 2.56 bits per heavy atom. The minimum Gasteiger partial charge on any atom is -0.496 e. The van der Waals surface area contributed by atoms with Crippen molar-refractivity contribution in [1.82, 2.24) is 9.78 Å². The van der Waals surface area contributed by atoms with Gasteiger partial charge >= 0.3 is 0 Å². The summed E-state index contributed by atoms with van der Waals surface area (Å²) in [7, 11) is 1.66. The molecule has 0 radical (unpaired) electrons. The molecule has 0 saturated heterocycles. The second-order valence-corrected chi connectivity index (χ2v) is 6.64. The van der Waals surface area contributed by atoms with Crippen molar-refractivity contribution in [3.63, 3.8) is 0 Å². The van der Waals surface area contributed by atoms with Crippen LogP contribution in [0.25, 0.3) is 0 Å². The Hall–Kier alpha value is -3.08. The highest BCUT2D eigenvalue weighted by molar-refractivity contribution is 5.90. The molecule has 0 fully saturated rings. The lowest BCUT2D eigenvalue weighted by Gasteiger charge is -2.12. The molecule has 0 bridgehead atoms. The van der Waals surface area contributed by atoms with E-state index in [-0.39, 0.29) is 5.91 Å². The largest absolute Gasteiger partial charge is 0.496 e. The molecule has 5 nitrogen and oxygen atoms in total. The molecule has 0 atom stereocenters. The maximum Gasteiger partial charge on any atom is 0.226 e. The quantitative estimate of drug-likeness (QED) is 0.687. The first-order valence-electron chi connectivity index (χ1n) is 9.07. The van der Waals surface area contributed by atoms with Crippen LogP contribution in [0, 0.1) is 13.8 Å². The van der Waals surface area contributed by atoms with Crippen molar-refractivity contribution in [2.75, 3.05) is 12.4 Å². The summed E-state index contributed by atoms with van der Waals surface area (Å²) in [6.45, 7) is 4.52. The first-order valence-corrected chi connectivity index (χ1v) is 9.07. The van der Waals surface area contributed by atoms with Gasteiger partial charge in [-0.3, -0.25) is 9.48 Å². The third-order valence-electron chi connectivity index (χ3n) is 4.46. The van der Waals surface area contributed by atoms with Gasteiger partial charge in [0.25, 0.3) is 0 Å². The Labute approximate surface area is 160 Å². The fourth-order valence-electron chi connectivity index (χ4n) is 3.14. The summed E-state index contributed by atoms with van der Waals surface area (Å²) >= 11 is 0. The SMILES string of the molecule is COc1ccc(NC(=O)CCn2nc(C)cc2C)cc1Cc1ccccc1. The average molecular weight is 363 g/mol. The van der Waals surface area contributed by atoms with E-state index < -0.39 is 0 Å². The van der Waals surface area contributed by atoms with Crippen molar-refractivity contribution < 1.29 is 9.53 Å². The fourth-order valence-corrected chi connectivity index (χ4v) is 3.14. The molecule has 0 spiro atoms. The van der Waals surface area contributed by atoms with Crippen LogP contribution in [0.1, 0.15) is 28.9 Å². The highest BCUT2D eigenvalue weighted by Gasteiger charge is 2.09. The summed E-state index contributed by atoms with van der Waals surface area (Å²) < 4.78 is 7.34. The molecule has 27 heavy (non-hydrogen) atoms. The molecule has 1 amide bonds. The molecule has 1 aromatic heterocycles. The van der Waals surface area contributed by atoms with Crippen molar-refractivity contribution >= 4 is 11.6 Å². The zero-order valence-electron chi connectivity index (χ0n) is 16.0. The number of carbonyl (C=O) groups excluding carboxylic acids is 1. The van der Waals surface area contributed by atoms with Crippen LogP contribution in [0.3, 0.4) is 0 Å². The van der Waals surface area contributed by atoms with Gasteiger partial charge in [0.2, 0.25) is 5.91 Å². The minimum absolute atomic E-state index is 0.0293. The summed E-state index contributed by atoms with van der Waals surface area (Å²) in [5, 5.41) is 7.37. The second-order valence-electron chi connectivity index (χ2n) is 6.64. The number of amides is 1. The third-order valence-corrected chi connectivity index (χ3v) is 4.46. The van der Waals surface area contributed by atoms with E-state index in [2.05, 4.69) is 22.5 Å². The second kappa shape index (κ2) is 8.54. The zero-order valence-corrected chi connectivity index (χ0v) is 16.0. The molecule has 0 aliphatic heterocycles. The maximum atomic E-state index is 12.3. The van der Waals surface area contributed by atoms with Crippen LogP contribution < -0.4 is 10.1 Å². The standard InChI is InChI=1S/C22H25N3O2/c1-16-13-17(2)25(24-16)12-11-22(26)23-20-9-10-21(27-3)19(15-20)14-18-7-5-4-6-8-18/h4-10,13,15H,11-12,14H2,1-3H3,(H,23,26). The molecule has 0 saturated carbocycles. The molecule has 5 heteroatoms. The summed E-state index contributed by atoms with van der Waals surface area (Å²) in [5.41, 5.74) is 5.05. The molecular formula is C22H25N3O2. The number of hydrogen-bond acceptors (Lipinski definition) is 3. The van der Waals surface area contributed by atoms with Crippen LogP contribution in [-0.2, 0) is 17.8 Å². The predicted octanol–water partition coefficient (Wildman–Crippen LogP) is 4.13. The van der Waals surface area contributed by atoms with Crippen molar-refractivity contribution in [2.24, 2.45) is 0 Å². The number of nitrogens with zero attached hydrogens (tertiary/aromatic N) is 2. The predicted molar refractivity (Wildman–Crippen MR) is 107 cm³/mol. The van der Waals surface area contributed by atoms with E-state index in [4.69, 9.17) is 4.74 Å². The van der Waals surface area contributed by atoms with Gasteiger partial charge in [-0.15, -0.1) is 0 Å². The van der Waals surface area contributed by atoms with E-state index in [0.717, 1.165) is 34.8 Å². The summed E-state index contributed by atoms with van der Waals surface area (Å²) in [6, 6.07) is 18.0. The molecule has 1 N–H and O–H groups in total. The van der Waals surface area contributed by atoms with Gasteiger partial charge in [0, 0.05) is 36.3 Å². The molecule has 3 aromatic rings. The molecule has 0 aliphatic carbocycles. The number of nitrogens with one attached hydrogen (secondary N) is 1. The number of carbonyl (C=O) groups is 1. The maximum absolute atomic E-state index is 12.3. The molecule has 0 unspecified atom stereocenters. The van der Waals surface area contributed by atoms with Crippen LogP contribution in [0.5, 0.6) is 5.75 Å². The lowest BCUT2D eigenvalue weighted by Crippen LogP contribution is -2.15. The lowest BCUT2D eigenvalue weighted by atomic mass is 10.0. The van der Waals surface area contributed by atoms with Crippen molar-refractivity contribution in [3.8, 4) is 5.75 Å². The van der Waals surface area contributed by atoms with Gasteiger partial charge in [0.1, 0.15) is 5.75 Å². The Balaban J connectivity index is 1.66. The molecule has 140 valence electrons. The highest BCUT2D eigenvalue weighted by atomic mass is 16.5. The highest BCUT2D eigenvalue weighted by Crippen LogP contribution is 2.25. The lowest BCUT2D eigenvalue weighted by molar-refractivity contribution is -0.116. The number of hydrogen-bond donors (Lipinski definition) is 1. The number of anilines is 1. The topological polar surface area (TPSA) is 56.1 Å². The summed E-state index contributed by atoms with van der Waals surface area (Å²) in [6.07, 6.45) is 1.13. The number of rotatable bonds is 7. The van der Waals surface area contributed by atoms with Gasteiger partial charge < -0.3 is 10.1 Å². The molecule has 2 aromatic carbocycles. The smallest absolute Gasteiger partial charge is 0.226 e. The zero-order chi connectivity index (χ0) is 19.2. The summed E-state index contributed by atoms with van der Waals surface area (Å²) in [5.74, 6) is 0.790. The minimum atomic E-state index is -0.0293. The van der Waals surface area contributed by atoms with E-state index in [0.29, 0.717) is 13.0 Å². The first-order chi connectivity index (χ1) is 13.0. The van der Waals surface area contributed by atoms with Crippen molar-refractivity contribution in [3.05, 3.63) is 77.1 Å². The summed E-state index contributed by atoms with van der Waals surface area (Å²) in [4.78, 5) is 12.3. The monoisotopic (exact) mass is 363 g/mol. The number of methoxy groups -OCH3 is 1. The van der Waals surface area contributed by atoms with E-state index in [1.165, 1.54) is 5.56 Å². The number of benzene rings is 2. The van der Waals surface area contributed by atoms with Crippen LogP contribution >= 0.6 is 0 Å². The van der Waals surface area contributed by atoms with E-state index in [9.17, 15) is 4.79 Å². The Morgan fingerprint density at radius 1 is 1.11 bits per heavy atom. The van der Waals surface area contributed by atoms with E-state index >= 15 is 0 Å². The number of ether oxygens (including phenoxy) is 1. The van der Waals surface area contributed by atoms with Gasteiger partial charge in [0.15, 0.2) is 0 Å². The Morgan fingerprint density at radius 2 is 1.89 bits per heavy atom. The van der Waals surface area contributed by atoms with Gasteiger partial charge in [0.05, 0.1) is 12.8 Å². The van der Waals surface area contributed by atoms with Crippen LogP contribution in [0.15, 0.2) is 54.6 Å². The van der Waals surface area contributed by atoms with Crippen LogP contribution in [0.2, 0.25) is 0 Å². The normalized spacial score (nSPS) is 10.6. The number of aryl methyl sites for hydroxylation is 3. The first kappa shape index (κ1) is 18.7. The van der Waals surface area contributed by atoms with Gasteiger partial charge in [-0.2, -0.15) is 5.10 Å². The average Bonchev–Trinajstić information content (AvgIpc) is 2.98. The van der Waals surface area contributed by atoms with Crippen molar-refractivity contribution in [2.45, 2.75) is 33.2 Å². The fraction of sp³-hybridized carbons (Fsp3) is 0.273. The van der Waals surface area contributed by atoms with Gasteiger partial charge in [-0.25, -0.2) is 0 Å². The van der Waals surface area contributed by atoms with E-state index in [1.807, 2.05) is 61.0 Å². The van der Waals surface area contributed by atoms with Crippen LogP contribution in [-0.4, -0.2) is 22.8 Å². The van der Waals surface area contributed by atoms with Gasteiger partial charge in [-0.1, -0.05) is 30.3 Å². The Kier molecular flexibility index (Phi) is 5.91. The van der Waals surface area contributed by atoms with Crippen LogP contribution in [0.4, 0.5) is 5.69 Å². The molecule has 1 heterocycles. The molecule has 3 rings (SSSR count). The molecule has 0 aliphatic rings. The van der Waals surface area contributed by atoms with E-state index in [1.54, 1.807) is 7.11 Å². The number of aromatic nitrogens is 2. The Bertz CT molecular complexity index is 917. The third kappa shape index (κ3) is 4.97. The van der Waals surface area contributed by atoms with Crippen molar-refractivity contribution in [1.29, 1.82) is 0 Å². The molecular weight excluding hydrogens is 338 g/mol.